The molecule has 0 aliphatic carbocycles. The lowest BCUT2D eigenvalue weighted by atomic mass is 10.2. The Balaban J connectivity index is 0. The van der Waals surface area contributed by atoms with Gasteiger partial charge in [-0.2, -0.15) is 0 Å². The zero-order chi connectivity index (χ0) is 13.4. The van der Waals surface area contributed by atoms with Crippen molar-refractivity contribution in [1.29, 1.82) is 0 Å². The molecular formula is C15H28Cl2N2O. The predicted molar refractivity (Wildman–Crippen MR) is 92.7 cm³/mol. The number of ether oxygens (including phenoxy) is 1. The summed E-state index contributed by atoms with van der Waals surface area (Å²) in [6, 6.07) is 8.65. The third-order valence-corrected chi connectivity index (χ3v) is 2.73. The SMILES string of the molecule is CC(C)OCCCNCc1ccc(N(C)C)cc1.Cl.Cl. The largest absolute Gasteiger partial charge is 0.379 e. The lowest BCUT2D eigenvalue weighted by molar-refractivity contribution is 0.0770. The maximum atomic E-state index is 5.49. The van der Waals surface area contributed by atoms with Gasteiger partial charge in [0.15, 0.2) is 0 Å². The van der Waals surface area contributed by atoms with Crippen molar-refractivity contribution in [2.24, 2.45) is 0 Å². The number of rotatable bonds is 8. The Hall–Kier alpha value is -0.480. The van der Waals surface area contributed by atoms with E-state index in [-0.39, 0.29) is 24.8 Å². The second kappa shape index (κ2) is 12.3. The van der Waals surface area contributed by atoms with E-state index in [4.69, 9.17) is 4.74 Å². The fourth-order valence-corrected chi connectivity index (χ4v) is 1.66. The average molecular weight is 323 g/mol. The number of halogens is 2. The highest BCUT2D eigenvalue weighted by molar-refractivity contribution is 5.85. The third kappa shape index (κ3) is 9.43. The van der Waals surface area contributed by atoms with Crippen molar-refractivity contribution in [1.82, 2.24) is 5.32 Å². The smallest absolute Gasteiger partial charge is 0.0518 e. The van der Waals surface area contributed by atoms with Crippen molar-refractivity contribution in [2.45, 2.75) is 32.9 Å². The summed E-state index contributed by atoms with van der Waals surface area (Å²) in [5.74, 6) is 0. The maximum absolute atomic E-state index is 5.49. The minimum Gasteiger partial charge on any atom is -0.379 e. The lowest BCUT2D eigenvalue weighted by Crippen LogP contribution is -2.17. The fourth-order valence-electron chi connectivity index (χ4n) is 1.66. The molecule has 0 amide bonds. The van der Waals surface area contributed by atoms with Crippen LogP contribution in [0.2, 0.25) is 0 Å². The Morgan fingerprint density at radius 1 is 1.10 bits per heavy atom. The monoisotopic (exact) mass is 322 g/mol. The first kappa shape index (κ1) is 21.8. The highest BCUT2D eigenvalue weighted by Crippen LogP contribution is 2.11. The molecule has 1 aromatic carbocycles. The van der Waals surface area contributed by atoms with Crippen molar-refractivity contribution < 1.29 is 4.74 Å². The summed E-state index contributed by atoms with van der Waals surface area (Å²) < 4.78 is 5.49. The van der Waals surface area contributed by atoms with Gasteiger partial charge in [0.2, 0.25) is 0 Å². The summed E-state index contributed by atoms with van der Waals surface area (Å²) in [4.78, 5) is 2.11. The van der Waals surface area contributed by atoms with Crippen LogP contribution >= 0.6 is 24.8 Å². The van der Waals surface area contributed by atoms with Crippen LogP contribution in [0.3, 0.4) is 0 Å². The van der Waals surface area contributed by atoms with Crippen LogP contribution in [0.1, 0.15) is 25.8 Å². The van der Waals surface area contributed by atoms with Crippen LogP contribution in [0.25, 0.3) is 0 Å². The van der Waals surface area contributed by atoms with Crippen LogP contribution in [0, 0.1) is 0 Å². The molecule has 0 radical (unpaired) electrons. The topological polar surface area (TPSA) is 24.5 Å². The zero-order valence-electron chi connectivity index (χ0n) is 12.9. The fraction of sp³-hybridized carbons (Fsp3) is 0.600. The molecule has 0 saturated carbocycles. The Bertz CT molecular complexity index is 329. The van der Waals surface area contributed by atoms with Gasteiger partial charge in [-0.1, -0.05) is 12.1 Å². The lowest BCUT2D eigenvalue weighted by Gasteiger charge is -2.13. The summed E-state index contributed by atoms with van der Waals surface area (Å²) in [6.07, 6.45) is 1.40. The quantitative estimate of drug-likeness (QED) is 0.741. The van der Waals surface area contributed by atoms with Crippen LogP contribution < -0.4 is 10.2 Å². The van der Waals surface area contributed by atoms with Crippen molar-refractivity contribution in [2.75, 3.05) is 32.1 Å². The first-order valence-electron chi connectivity index (χ1n) is 6.68. The molecule has 0 atom stereocenters. The Morgan fingerprint density at radius 3 is 2.20 bits per heavy atom. The van der Waals surface area contributed by atoms with Crippen LogP contribution in [0.5, 0.6) is 0 Å². The average Bonchev–Trinajstić information content (AvgIpc) is 2.34. The molecule has 0 unspecified atom stereocenters. The second-order valence-corrected chi connectivity index (χ2v) is 5.01. The van der Waals surface area contributed by atoms with Crippen LogP contribution in [0.4, 0.5) is 5.69 Å². The molecule has 0 fully saturated rings. The summed E-state index contributed by atoms with van der Waals surface area (Å²) in [5, 5.41) is 3.43. The summed E-state index contributed by atoms with van der Waals surface area (Å²) >= 11 is 0. The molecule has 0 spiro atoms. The molecule has 0 aromatic heterocycles. The number of benzene rings is 1. The molecule has 0 aliphatic heterocycles. The molecule has 1 aromatic rings. The Kier molecular flexibility index (Phi) is 13.4. The van der Waals surface area contributed by atoms with Crippen LogP contribution in [0.15, 0.2) is 24.3 Å². The van der Waals surface area contributed by atoms with E-state index in [1.54, 1.807) is 0 Å². The van der Waals surface area contributed by atoms with E-state index in [1.807, 2.05) is 0 Å². The van der Waals surface area contributed by atoms with Gasteiger partial charge in [-0.3, -0.25) is 0 Å². The molecule has 1 N–H and O–H groups in total. The van der Waals surface area contributed by atoms with Crippen molar-refractivity contribution in [3.8, 4) is 0 Å². The minimum atomic E-state index is 0. The Labute approximate surface area is 135 Å². The van der Waals surface area contributed by atoms with Crippen molar-refractivity contribution in [3.05, 3.63) is 29.8 Å². The summed E-state index contributed by atoms with van der Waals surface area (Å²) in [5.41, 5.74) is 2.56. The van der Waals surface area contributed by atoms with E-state index in [0.717, 1.165) is 26.1 Å². The molecule has 3 nitrogen and oxygen atoms in total. The van der Waals surface area contributed by atoms with Gasteiger partial charge < -0.3 is 15.0 Å². The van der Waals surface area contributed by atoms with E-state index >= 15 is 0 Å². The van der Waals surface area contributed by atoms with E-state index in [9.17, 15) is 0 Å². The molecule has 118 valence electrons. The van der Waals surface area contributed by atoms with E-state index < -0.39 is 0 Å². The first-order valence-corrected chi connectivity index (χ1v) is 6.68. The number of hydrogen-bond acceptors (Lipinski definition) is 3. The summed E-state index contributed by atoms with van der Waals surface area (Å²) in [7, 11) is 4.12. The van der Waals surface area contributed by atoms with Gasteiger partial charge in [0.25, 0.3) is 0 Å². The van der Waals surface area contributed by atoms with E-state index in [1.165, 1.54) is 11.3 Å². The second-order valence-electron chi connectivity index (χ2n) is 5.01. The van der Waals surface area contributed by atoms with Gasteiger partial charge in [-0.25, -0.2) is 0 Å². The van der Waals surface area contributed by atoms with Crippen LogP contribution in [-0.4, -0.2) is 33.4 Å². The van der Waals surface area contributed by atoms with Crippen molar-refractivity contribution in [3.63, 3.8) is 0 Å². The number of anilines is 1. The highest BCUT2D eigenvalue weighted by atomic mass is 35.5. The van der Waals surface area contributed by atoms with E-state index in [0.29, 0.717) is 6.10 Å². The first-order chi connectivity index (χ1) is 8.59. The van der Waals surface area contributed by atoms with Gasteiger partial charge in [-0.05, 0) is 44.5 Å². The minimum absolute atomic E-state index is 0. The van der Waals surface area contributed by atoms with Crippen LogP contribution in [-0.2, 0) is 11.3 Å². The standard InChI is InChI=1S/C15H26N2O.2ClH/c1-13(2)18-11-5-10-16-12-14-6-8-15(9-7-14)17(3)4;;/h6-9,13,16H,5,10-12H2,1-4H3;2*1H. The number of hydrogen-bond donors (Lipinski definition) is 1. The van der Waals surface area contributed by atoms with Gasteiger partial charge in [0.05, 0.1) is 6.10 Å². The van der Waals surface area contributed by atoms with Gasteiger partial charge in [0, 0.05) is 32.9 Å². The third-order valence-electron chi connectivity index (χ3n) is 2.73. The molecule has 5 heteroatoms. The van der Waals surface area contributed by atoms with Gasteiger partial charge in [-0.15, -0.1) is 24.8 Å². The predicted octanol–water partition coefficient (Wildman–Crippen LogP) is 3.50. The normalized spacial score (nSPS) is 9.85. The number of nitrogens with zero attached hydrogens (tertiary/aromatic N) is 1. The summed E-state index contributed by atoms with van der Waals surface area (Å²) in [6.45, 7) is 6.90. The molecule has 1 rings (SSSR count). The maximum Gasteiger partial charge on any atom is 0.0518 e. The zero-order valence-corrected chi connectivity index (χ0v) is 14.5. The van der Waals surface area contributed by atoms with Gasteiger partial charge in [0.1, 0.15) is 0 Å². The van der Waals surface area contributed by atoms with Crippen molar-refractivity contribution >= 4 is 30.5 Å². The molecule has 20 heavy (non-hydrogen) atoms. The highest BCUT2D eigenvalue weighted by Gasteiger charge is 1.97. The Morgan fingerprint density at radius 2 is 1.70 bits per heavy atom. The molecule has 0 bridgehead atoms. The molecular weight excluding hydrogens is 295 g/mol. The van der Waals surface area contributed by atoms with E-state index in [2.05, 4.69) is 62.4 Å². The molecule has 0 aliphatic rings. The van der Waals surface area contributed by atoms with Gasteiger partial charge >= 0.3 is 0 Å². The molecule has 0 heterocycles. The molecule has 0 saturated heterocycles. The number of nitrogens with one attached hydrogen (secondary N) is 1.